The number of pyridine rings is 1. The second kappa shape index (κ2) is 5.98. The van der Waals surface area contributed by atoms with E-state index in [2.05, 4.69) is 10.3 Å². The van der Waals surface area contributed by atoms with Crippen LogP contribution in [-0.2, 0) is 0 Å². The lowest BCUT2D eigenvalue weighted by Crippen LogP contribution is -2.16. The first kappa shape index (κ1) is 14.4. The number of amides is 1. The maximum Gasteiger partial charge on any atom is 0.274 e. The first-order chi connectivity index (χ1) is 9.49. The number of halogens is 1. The molecule has 0 atom stereocenters. The Morgan fingerprint density at radius 1 is 1.35 bits per heavy atom. The molecule has 6 heteroatoms. The average molecular weight is 306 g/mol. The molecule has 0 radical (unpaired) electrons. The number of nitrogens with zero attached hydrogens (tertiary/aromatic N) is 1. The molecule has 0 aliphatic carbocycles. The van der Waals surface area contributed by atoms with Crippen molar-refractivity contribution in [2.75, 3.05) is 5.32 Å². The van der Waals surface area contributed by atoms with Gasteiger partial charge < -0.3 is 11.1 Å². The van der Waals surface area contributed by atoms with Gasteiger partial charge in [0.2, 0.25) is 0 Å². The van der Waals surface area contributed by atoms with Crippen molar-refractivity contribution in [2.45, 2.75) is 6.92 Å². The van der Waals surface area contributed by atoms with Gasteiger partial charge in [-0.3, -0.25) is 9.78 Å². The second-order valence-electron chi connectivity index (χ2n) is 4.16. The number of carbonyl (C=O) groups excluding carboxylic acids is 1. The van der Waals surface area contributed by atoms with Gasteiger partial charge in [-0.15, -0.1) is 0 Å². The normalized spacial score (nSPS) is 10.1. The number of rotatable bonds is 3. The molecule has 102 valence electrons. The van der Waals surface area contributed by atoms with Gasteiger partial charge in [0.05, 0.1) is 0 Å². The minimum Gasteiger partial charge on any atom is -0.389 e. The Kier molecular flexibility index (Phi) is 4.32. The van der Waals surface area contributed by atoms with Crippen molar-refractivity contribution in [3.05, 3.63) is 58.4 Å². The molecule has 20 heavy (non-hydrogen) atoms. The van der Waals surface area contributed by atoms with Gasteiger partial charge in [0, 0.05) is 22.5 Å². The fourth-order valence-corrected chi connectivity index (χ4v) is 1.90. The molecule has 0 spiro atoms. The predicted octanol–water partition coefficient (Wildman–Crippen LogP) is 2.93. The summed E-state index contributed by atoms with van der Waals surface area (Å²) >= 11 is 10.8. The summed E-state index contributed by atoms with van der Waals surface area (Å²) in [6, 6.07) is 8.55. The Balaban J connectivity index is 2.20. The van der Waals surface area contributed by atoms with Gasteiger partial charge in [-0.05, 0) is 36.8 Å². The summed E-state index contributed by atoms with van der Waals surface area (Å²) in [6.07, 6.45) is 1.47. The minimum absolute atomic E-state index is 0.246. The monoisotopic (exact) mass is 305 g/mol. The van der Waals surface area contributed by atoms with E-state index in [1.165, 1.54) is 6.20 Å². The molecule has 0 bridgehead atoms. The van der Waals surface area contributed by atoms with Gasteiger partial charge in [-0.1, -0.05) is 29.9 Å². The fourth-order valence-electron chi connectivity index (χ4n) is 1.60. The van der Waals surface area contributed by atoms with Crippen molar-refractivity contribution in [3.8, 4) is 0 Å². The first-order valence-corrected chi connectivity index (χ1v) is 6.60. The lowest BCUT2D eigenvalue weighted by molar-refractivity contribution is 0.102. The third-order valence-corrected chi connectivity index (χ3v) is 3.44. The largest absolute Gasteiger partial charge is 0.389 e. The van der Waals surface area contributed by atoms with Crippen LogP contribution in [0.5, 0.6) is 0 Å². The van der Waals surface area contributed by atoms with Gasteiger partial charge in [-0.25, -0.2) is 0 Å². The van der Waals surface area contributed by atoms with Crippen molar-refractivity contribution in [1.82, 2.24) is 4.98 Å². The summed E-state index contributed by atoms with van der Waals surface area (Å²) in [4.78, 5) is 16.4. The molecule has 0 saturated heterocycles. The molecule has 1 amide bonds. The molecule has 1 heterocycles. The molecule has 2 aromatic rings. The zero-order valence-corrected chi connectivity index (χ0v) is 12.3. The van der Waals surface area contributed by atoms with Gasteiger partial charge in [0.1, 0.15) is 10.7 Å². The third kappa shape index (κ3) is 3.12. The zero-order valence-electron chi connectivity index (χ0n) is 10.7. The standard InChI is InChI=1S/C14H12ClN3OS/c1-8-10(15)3-2-4-11(8)18-14(19)12-6-5-9(7-17-12)13(16)20/h2-7H,1H3,(H2,16,20)(H,18,19). The quantitative estimate of drug-likeness (QED) is 0.856. The summed E-state index contributed by atoms with van der Waals surface area (Å²) in [6.45, 7) is 1.83. The highest BCUT2D eigenvalue weighted by Gasteiger charge is 2.10. The van der Waals surface area contributed by atoms with E-state index in [-0.39, 0.29) is 16.6 Å². The molecule has 0 fully saturated rings. The van der Waals surface area contributed by atoms with Crippen LogP contribution in [-0.4, -0.2) is 15.9 Å². The maximum atomic E-state index is 12.1. The number of aromatic nitrogens is 1. The molecule has 1 aromatic carbocycles. The number of nitrogens with two attached hydrogens (primary N) is 1. The van der Waals surface area contributed by atoms with E-state index in [1.54, 1.807) is 30.3 Å². The van der Waals surface area contributed by atoms with Gasteiger partial charge in [0.25, 0.3) is 5.91 Å². The summed E-state index contributed by atoms with van der Waals surface area (Å²) in [5, 5.41) is 3.36. The topological polar surface area (TPSA) is 68.0 Å². The Bertz CT molecular complexity index is 671. The lowest BCUT2D eigenvalue weighted by Gasteiger charge is -2.09. The van der Waals surface area contributed by atoms with Crippen LogP contribution in [0.4, 0.5) is 5.69 Å². The number of thiocarbonyl (C=S) groups is 1. The van der Waals surface area contributed by atoms with E-state index in [0.717, 1.165) is 5.56 Å². The SMILES string of the molecule is Cc1c(Cl)cccc1NC(=O)c1ccc(C(N)=S)cn1. The summed E-state index contributed by atoms with van der Waals surface area (Å²) in [7, 11) is 0. The molecule has 0 aliphatic heterocycles. The van der Waals surface area contributed by atoms with Crippen LogP contribution < -0.4 is 11.1 Å². The Hall–Kier alpha value is -1.98. The van der Waals surface area contributed by atoms with Crippen LogP contribution in [0.3, 0.4) is 0 Å². The molecule has 0 aliphatic rings. The van der Waals surface area contributed by atoms with Crippen LogP contribution in [0.15, 0.2) is 36.5 Å². The van der Waals surface area contributed by atoms with Crippen LogP contribution >= 0.6 is 23.8 Å². The molecule has 0 saturated carbocycles. The van der Waals surface area contributed by atoms with Crippen LogP contribution in [0.25, 0.3) is 0 Å². The third-order valence-electron chi connectivity index (χ3n) is 2.80. The van der Waals surface area contributed by atoms with Crippen molar-refractivity contribution in [3.63, 3.8) is 0 Å². The average Bonchev–Trinajstić information content (AvgIpc) is 2.44. The van der Waals surface area contributed by atoms with Crippen LogP contribution in [0.2, 0.25) is 5.02 Å². The molecule has 3 N–H and O–H groups in total. The molecule has 0 unspecified atom stereocenters. The first-order valence-electron chi connectivity index (χ1n) is 5.81. The van der Waals surface area contributed by atoms with Crippen molar-refractivity contribution in [2.24, 2.45) is 5.73 Å². The lowest BCUT2D eigenvalue weighted by atomic mass is 10.2. The highest BCUT2D eigenvalue weighted by atomic mass is 35.5. The van der Waals surface area contributed by atoms with Gasteiger partial charge in [-0.2, -0.15) is 0 Å². The molecular weight excluding hydrogens is 294 g/mol. The van der Waals surface area contributed by atoms with Crippen molar-refractivity contribution < 1.29 is 4.79 Å². The smallest absolute Gasteiger partial charge is 0.274 e. The Morgan fingerprint density at radius 2 is 2.10 bits per heavy atom. The van der Waals surface area contributed by atoms with E-state index in [4.69, 9.17) is 29.6 Å². The number of carbonyl (C=O) groups is 1. The Morgan fingerprint density at radius 3 is 2.70 bits per heavy atom. The van der Waals surface area contributed by atoms with Gasteiger partial charge >= 0.3 is 0 Å². The van der Waals surface area contributed by atoms with E-state index < -0.39 is 0 Å². The predicted molar refractivity (Wildman–Crippen MR) is 84.3 cm³/mol. The summed E-state index contributed by atoms with van der Waals surface area (Å²) < 4.78 is 0. The maximum absolute atomic E-state index is 12.1. The van der Waals surface area contributed by atoms with Gasteiger partial charge in [0.15, 0.2) is 0 Å². The number of hydrogen-bond acceptors (Lipinski definition) is 3. The van der Waals surface area contributed by atoms with Crippen LogP contribution in [0.1, 0.15) is 21.6 Å². The highest BCUT2D eigenvalue weighted by Crippen LogP contribution is 2.23. The number of benzene rings is 1. The molecule has 2 rings (SSSR count). The van der Waals surface area contributed by atoms with Crippen LogP contribution in [0, 0.1) is 6.92 Å². The van der Waals surface area contributed by atoms with Crippen molar-refractivity contribution in [1.29, 1.82) is 0 Å². The molecular formula is C14H12ClN3OS. The summed E-state index contributed by atoms with van der Waals surface area (Å²) in [5.74, 6) is -0.315. The Labute approximate surface area is 127 Å². The minimum atomic E-state index is -0.315. The van der Waals surface area contributed by atoms with Crippen molar-refractivity contribution >= 4 is 40.4 Å². The number of anilines is 1. The van der Waals surface area contributed by atoms with E-state index in [9.17, 15) is 4.79 Å². The van der Waals surface area contributed by atoms with E-state index >= 15 is 0 Å². The summed E-state index contributed by atoms with van der Waals surface area (Å²) in [5.41, 5.74) is 7.84. The molecule has 1 aromatic heterocycles. The highest BCUT2D eigenvalue weighted by molar-refractivity contribution is 7.80. The number of hydrogen-bond donors (Lipinski definition) is 2. The fraction of sp³-hybridized carbons (Fsp3) is 0.0714. The van der Waals surface area contributed by atoms with E-state index in [0.29, 0.717) is 16.3 Å². The second-order valence-corrected chi connectivity index (χ2v) is 5.01. The zero-order chi connectivity index (χ0) is 14.7. The van der Waals surface area contributed by atoms with E-state index in [1.807, 2.05) is 6.92 Å². The number of nitrogens with one attached hydrogen (secondary N) is 1. The molecule has 4 nitrogen and oxygen atoms in total.